The molecule has 0 amide bonds. The van der Waals surface area contributed by atoms with Gasteiger partial charge in [0.15, 0.2) is 0 Å². The summed E-state index contributed by atoms with van der Waals surface area (Å²) in [5, 5.41) is 12.0. The Labute approximate surface area is 109 Å². The summed E-state index contributed by atoms with van der Waals surface area (Å²) in [7, 11) is 0. The molecule has 0 spiro atoms. The van der Waals surface area contributed by atoms with Crippen LogP contribution in [0.25, 0.3) is 0 Å². The Morgan fingerprint density at radius 1 is 1.28 bits per heavy atom. The van der Waals surface area contributed by atoms with Gasteiger partial charge in [-0.3, -0.25) is 4.79 Å². The highest BCUT2D eigenvalue weighted by molar-refractivity contribution is 5.66. The van der Waals surface area contributed by atoms with Crippen molar-refractivity contribution in [1.82, 2.24) is 5.32 Å². The van der Waals surface area contributed by atoms with Gasteiger partial charge in [-0.05, 0) is 57.4 Å². The van der Waals surface area contributed by atoms with Crippen LogP contribution in [0.3, 0.4) is 0 Å². The molecular formula is C15H23NO2. The largest absolute Gasteiger partial charge is 0.481 e. The first-order valence-electron chi connectivity index (χ1n) is 6.44. The normalized spacial score (nSPS) is 12.4. The molecule has 2 N–H and O–H groups in total. The van der Waals surface area contributed by atoms with Crippen LogP contribution < -0.4 is 5.32 Å². The average molecular weight is 249 g/mol. The minimum Gasteiger partial charge on any atom is -0.481 e. The van der Waals surface area contributed by atoms with E-state index in [-0.39, 0.29) is 12.5 Å². The third-order valence-corrected chi connectivity index (χ3v) is 3.19. The molecule has 1 aromatic carbocycles. The van der Waals surface area contributed by atoms with Gasteiger partial charge in [-0.1, -0.05) is 17.7 Å². The maximum atomic E-state index is 10.4. The van der Waals surface area contributed by atoms with Gasteiger partial charge in [0.2, 0.25) is 0 Å². The Kier molecular flexibility index (Phi) is 5.35. The highest BCUT2D eigenvalue weighted by Crippen LogP contribution is 2.23. The Morgan fingerprint density at radius 2 is 1.83 bits per heavy atom. The molecule has 0 saturated heterocycles. The number of carboxylic acid groups (broad SMARTS) is 1. The van der Waals surface area contributed by atoms with Gasteiger partial charge in [0.1, 0.15) is 0 Å². The molecule has 1 aromatic rings. The van der Waals surface area contributed by atoms with E-state index in [2.05, 4.69) is 45.1 Å². The Morgan fingerprint density at radius 3 is 2.33 bits per heavy atom. The van der Waals surface area contributed by atoms with Gasteiger partial charge in [0.05, 0.1) is 0 Å². The molecule has 0 aliphatic rings. The fourth-order valence-electron chi connectivity index (χ4n) is 2.53. The molecule has 0 heterocycles. The highest BCUT2D eigenvalue weighted by Gasteiger charge is 2.11. The molecule has 0 saturated carbocycles. The molecule has 100 valence electrons. The SMILES string of the molecule is Cc1cc(C)c(C(C)NCCCC(=O)O)c(C)c1. The lowest BCUT2D eigenvalue weighted by Gasteiger charge is -2.19. The second kappa shape index (κ2) is 6.55. The average Bonchev–Trinajstić information content (AvgIpc) is 2.22. The third kappa shape index (κ3) is 4.15. The smallest absolute Gasteiger partial charge is 0.303 e. The molecule has 0 radical (unpaired) electrons. The van der Waals surface area contributed by atoms with Gasteiger partial charge < -0.3 is 10.4 Å². The van der Waals surface area contributed by atoms with Crippen LogP contribution in [0.5, 0.6) is 0 Å². The van der Waals surface area contributed by atoms with Crippen LogP contribution in [0.1, 0.15) is 48.1 Å². The van der Waals surface area contributed by atoms with Crippen molar-refractivity contribution in [3.8, 4) is 0 Å². The van der Waals surface area contributed by atoms with Crippen LogP contribution in [-0.4, -0.2) is 17.6 Å². The Hall–Kier alpha value is -1.35. The number of carboxylic acids is 1. The molecular weight excluding hydrogens is 226 g/mol. The first-order chi connectivity index (χ1) is 8.41. The summed E-state index contributed by atoms with van der Waals surface area (Å²) in [4.78, 5) is 10.4. The quantitative estimate of drug-likeness (QED) is 0.761. The molecule has 0 aromatic heterocycles. The number of hydrogen-bond donors (Lipinski definition) is 2. The molecule has 1 atom stereocenters. The van der Waals surface area contributed by atoms with Crippen molar-refractivity contribution in [3.05, 3.63) is 34.4 Å². The Bertz CT molecular complexity index is 403. The van der Waals surface area contributed by atoms with Crippen molar-refractivity contribution in [2.75, 3.05) is 6.54 Å². The van der Waals surface area contributed by atoms with Gasteiger partial charge in [0.25, 0.3) is 0 Å². The van der Waals surface area contributed by atoms with E-state index >= 15 is 0 Å². The first kappa shape index (κ1) is 14.7. The van der Waals surface area contributed by atoms with E-state index in [4.69, 9.17) is 5.11 Å². The van der Waals surface area contributed by atoms with E-state index in [1.54, 1.807) is 0 Å². The maximum absolute atomic E-state index is 10.4. The number of hydrogen-bond acceptors (Lipinski definition) is 2. The van der Waals surface area contributed by atoms with E-state index in [9.17, 15) is 4.79 Å². The van der Waals surface area contributed by atoms with Crippen LogP contribution in [-0.2, 0) is 4.79 Å². The minimum atomic E-state index is -0.729. The van der Waals surface area contributed by atoms with Gasteiger partial charge in [-0.2, -0.15) is 0 Å². The second-order valence-electron chi connectivity index (χ2n) is 4.99. The third-order valence-electron chi connectivity index (χ3n) is 3.19. The van der Waals surface area contributed by atoms with Crippen LogP contribution in [0, 0.1) is 20.8 Å². The van der Waals surface area contributed by atoms with E-state index in [0.29, 0.717) is 6.42 Å². The fourth-order valence-corrected chi connectivity index (χ4v) is 2.53. The zero-order valence-corrected chi connectivity index (χ0v) is 11.7. The summed E-state index contributed by atoms with van der Waals surface area (Å²) in [6, 6.07) is 4.65. The molecule has 0 aliphatic heterocycles. The standard InChI is InChI=1S/C15H23NO2/c1-10-8-11(2)15(12(3)9-10)13(4)16-7-5-6-14(17)18/h8-9,13,16H,5-7H2,1-4H3,(H,17,18). The lowest BCUT2D eigenvalue weighted by Crippen LogP contribution is -2.22. The predicted molar refractivity (Wildman–Crippen MR) is 73.9 cm³/mol. The highest BCUT2D eigenvalue weighted by atomic mass is 16.4. The zero-order valence-electron chi connectivity index (χ0n) is 11.7. The number of aryl methyl sites for hydroxylation is 3. The van der Waals surface area contributed by atoms with Crippen molar-refractivity contribution in [2.45, 2.75) is 46.6 Å². The fraction of sp³-hybridized carbons (Fsp3) is 0.533. The van der Waals surface area contributed by atoms with Crippen molar-refractivity contribution < 1.29 is 9.90 Å². The summed E-state index contributed by atoms with van der Waals surface area (Å²) in [5.41, 5.74) is 5.21. The number of carbonyl (C=O) groups is 1. The monoisotopic (exact) mass is 249 g/mol. The van der Waals surface area contributed by atoms with Crippen LogP contribution in [0.4, 0.5) is 0 Å². The lowest BCUT2D eigenvalue weighted by atomic mass is 9.95. The van der Waals surface area contributed by atoms with E-state index in [0.717, 1.165) is 6.54 Å². The van der Waals surface area contributed by atoms with Crippen LogP contribution in [0.15, 0.2) is 12.1 Å². The van der Waals surface area contributed by atoms with Crippen LogP contribution >= 0.6 is 0 Å². The van der Waals surface area contributed by atoms with Crippen molar-refractivity contribution >= 4 is 5.97 Å². The molecule has 1 unspecified atom stereocenters. The Balaban J connectivity index is 2.61. The molecule has 3 heteroatoms. The van der Waals surface area contributed by atoms with Crippen molar-refractivity contribution in [1.29, 1.82) is 0 Å². The molecule has 18 heavy (non-hydrogen) atoms. The van der Waals surface area contributed by atoms with Gasteiger partial charge in [0, 0.05) is 12.5 Å². The molecule has 3 nitrogen and oxygen atoms in total. The number of aliphatic carboxylic acids is 1. The molecule has 0 aliphatic carbocycles. The van der Waals surface area contributed by atoms with Crippen molar-refractivity contribution in [3.63, 3.8) is 0 Å². The van der Waals surface area contributed by atoms with Crippen LogP contribution in [0.2, 0.25) is 0 Å². The summed E-state index contributed by atoms with van der Waals surface area (Å²) in [6.45, 7) is 9.23. The predicted octanol–water partition coefficient (Wildman–Crippen LogP) is 3.13. The first-order valence-corrected chi connectivity index (χ1v) is 6.44. The number of nitrogens with one attached hydrogen (secondary N) is 1. The van der Waals surface area contributed by atoms with Gasteiger partial charge in [-0.15, -0.1) is 0 Å². The van der Waals surface area contributed by atoms with Gasteiger partial charge in [-0.25, -0.2) is 0 Å². The molecule has 1 rings (SSSR count). The number of rotatable bonds is 6. The summed E-state index contributed by atoms with van der Waals surface area (Å²) in [5.74, 6) is -0.729. The number of benzene rings is 1. The minimum absolute atomic E-state index is 0.228. The lowest BCUT2D eigenvalue weighted by molar-refractivity contribution is -0.137. The summed E-state index contributed by atoms with van der Waals surface area (Å²) in [6.07, 6.45) is 0.898. The molecule has 0 fully saturated rings. The topological polar surface area (TPSA) is 49.3 Å². The molecule has 0 bridgehead atoms. The van der Waals surface area contributed by atoms with E-state index < -0.39 is 5.97 Å². The van der Waals surface area contributed by atoms with E-state index in [1.165, 1.54) is 22.3 Å². The summed E-state index contributed by atoms with van der Waals surface area (Å²) >= 11 is 0. The van der Waals surface area contributed by atoms with E-state index in [1.807, 2.05) is 0 Å². The second-order valence-corrected chi connectivity index (χ2v) is 4.99. The van der Waals surface area contributed by atoms with Crippen molar-refractivity contribution in [2.24, 2.45) is 0 Å². The maximum Gasteiger partial charge on any atom is 0.303 e. The zero-order chi connectivity index (χ0) is 13.7. The summed E-state index contributed by atoms with van der Waals surface area (Å²) < 4.78 is 0. The van der Waals surface area contributed by atoms with Gasteiger partial charge >= 0.3 is 5.97 Å².